The van der Waals surface area contributed by atoms with Crippen molar-refractivity contribution in [3.05, 3.63) is 54.3 Å². The van der Waals surface area contributed by atoms with Crippen LogP contribution < -0.4 is 10.1 Å². The smallest absolute Gasteiger partial charge is 0.242 e. The van der Waals surface area contributed by atoms with Gasteiger partial charge in [-0.3, -0.25) is 14.5 Å². The van der Waals surface area contributed by atoms with Gasteiger partial charge in [0, 0.05) is 24.7 Å². The van der Waals surface area contributed by atoms with Gasteiger partial charge in [0.25, 0.3) is 0 Å². The highest BCUT2D eigenvalue weighted by atomic mass is 32.2. The maximum Gasteiger partial charge on any atom is 0.242 e. The lowest BCUT2D eigenvalue weighted by molar-refractivity contribution is -0.128. The van der Waals surface area contributed by atoms with Crippen LogP contribution in [0.4, 0.5) is 15.8 Å². The zero-order chi connectivity index (χ0) is 20.8. The van der Waals surface area contributed by atoms with E-state index in [2.05, 4.69) is 10.3 Å². The fourth-order valence-corrected chi connectivity index (χ4v) is 4.07. The van der Waals surface area contributed by atoms with Gasteiger partial charge in [0.15, 0.2) is 5.17 Å². The second kappa shape index (κ2) is 9.56. The molecule has 1 unspecified atom stereocenters. The van der Waals surface area contributed by atoms with Crippen molar-refractivity contribution in [2.45, 2.75) is 25.5 Å². The van der Waals surface area contributed by atoms with E-state index in [0.717, 1.165) is 0 Å². The molecule has 152 valence electrons. The number of benzene rings is 2. The second-order valence-electron chi connectivity index (χ2n) is 6.27. The maximum atomic E-state index is 13.1. The van der Waals surface area contributed by atoms with Crippen LogP contribution in [0, 0.1) is 5.82 Å². The number of carbonyl (C=O) groups is 2. The molecule has 2 aromatic rings. The number of thioether (sulfide) groups is 1. The van der Waals surface area contributed by atoms with Gasteiger partial charge in [0.2, 0.25) is 11.8 Å². The molecule has 6 nitrogen and oxygen atoms in total. The normalized spacial score (nSPS) is 17.6. The summed E-state index contributed by atoms with van der Waals surface area (Å²) >= 11 is 1.25. The van der Waals surface area contributed by atoms with E-state index in [4.69, 9.17) is 4.74 Å². The van der Waals surface area contributed by atoms with E-state index in [-0.39, 0.29) is 24.1 Å². The summed E-state index contributed by atoms with van der Waals surface area (Å²) < 4.78 is 18.5. The lowest BCUT2D eigenvalue weighted by Gasteiger charge is -2.13. The predicted octanol–water partition coefficient (Wildman–Crippen LogP) is 4.20. The summed E-state index contributed by atoms with van der Waals surface area (Å²) in [4.78, 5) is 31.1. The fraction of sp³-hybridized carbons (Fsp3) is 0.286. The van der Waals surface area contributed by atoms with Crippen LogP contribution in [-0.4, -0.2) is 40.3 Å². The van der Waals surface area contributed by atoms with Gasteiger partial charge in [-0.05, 0) is 50.2 Å². The summed E-state index contributed by atoms with van der Waals surface area (Å²) in [6.07, 6.45) is 0.0291. The molecule has 8 heteroatoms. The molecule has 0 spiro atoms. The molecule has 0 aliphatic carbocycles. The number of nitrogens with one attached hydrogen (secondary N) is 1. The van der Waals surface area contributed by atoms with Gasteiger partial charge in [-0.2, -0.15) is 0 Å². The molecule has 2 amide bonds. The minimum atomic E-state index is -0.552. The number of nitrogens with zero attached hydrogens (tertiary/aromatic N) is 2. The van der Waals surface area contributed by atoms with Gasteiger partial charge in [0.05, 0.1) is 12.3 Å². The van der Waals surface area contributed by atoms with Crippen LogP contribution in [0.1, 0.15) is 20.3 Å². The summed E-state index contributed by atoms with van der Waals surface area (Å²) in [6, 6.07) is 12.8. The topological polar surface area (TPSA) is 71.0 Å². The summed E-state index contributed by atoms with van der Waals surface area (Å²) in [5.41, 5.74) is 1.17. The summed E-state index contributed by atoms with van der Waals surface area (Å²) in [7, 11) is 0. The first kappa shape index (κ1) is 20.9. The highest BCUT2D eigenvalue weighted by molar-refractivity contribution is 8.15. The highest BCUT2D eigenvalue weighted by Crippen LogP contribution is 2.31. The van der Waals surface area contributed by atoms with Crippen LogP contribution in [0.3, 0.4) is 0 Å². The van der Waals surface area contributed by atoms with Crippen molar-refractivity contribution in [3.8, 4) is 5.75 Å². The van der Waals surface area contributed by atoms with E-state index in [1.165, 1.54) is 23.9 Å². The Morgan fingerprint density at radius 3 is 2.69 bits per heavy atom. The molecular formula is C21H22FN3O3S. The Morgan fingerprint density at radius 2 is 2.00 bits per heavy atom. The second-order valence-corrected chi connectivity index (χ2v) is 7.44. The van der Waals surface area contributed by atoms with Crippen molar-refractivity contribution in [3.63, 3.8) is 0 Å². The number of hydrogen-bond donors (Lipinski definition) is 1. The SMILES string of the molecule is CCOc1cccc(NC(=O)CC2SC(=Nc3ccc(F)cc3)N(CC)C2=O)c1. The number of rotatable bonds is 7. The Balaban J connectivity index is 1.67. The van der Waals surface area contributed by atoms with Crippen molar-refractivity contribution in [2.24, 2.45) is 4.99 Å². The van der Waals surface area contributed by atoms with Gasteiger partial charge >= 0.3 is 0 Å². The monoisotopic (exact) mass is 415 g/mol. The minimum absolute atomic E-state index is 0.0291. The van der Waals surface area contributed by atoms with Crippen molar-refractivity contribution in [2.75, 3.05) is 18.5 Å². The van der Waals surface area contributed by atoms with Crippen LogP contribution in [0.2, 0.25) is 0 Å². The Morgan fingerprint density at radius 1 is 1.24 bits per heavy atom. The van der Waals surface area contributed by atoms with Crippen LogP contribution in [-0.2, 0) is 9.59 Å². The number of amides is 2. The number of hydrogen-bond acceptors (Lipinski definition) is 5. The molecule has 0 saturated carbocycles. The molecular weight excluding hydrogens is 393 g/mol. The molecule has 3 rings (SSSR count). The summed E-state index contributed by atoms with van der Waals surface area (Å²) in [5.74, 6) is -0.0953. The quantitative estimate of drug-likeness (QED) is 0.736. The van der Waals surface area contributed by atoms with Crippen LogP contribution in [0.5, 0.6) is 5.75 Å². The number of anilines is 1. The van der Waals surface area contributed by atoms with E-state index >= 15 is 0 Å². The van der Waals surface area contributed by atoms with Crippen LogP contribution in [0.15, 0.2) is 53.5 Å². The molecule has 1 fully saturated rings. The molecule has 0 radical (unpaired) electrons. The van der Waals surface area contributed by atoms with E-state index in [0.29, 0.717) is 35.4 Å². The van der Waals surface area contributed by atoms with E-state index in [1.807, 2.05) is 19.9 Å². The highest BCUT2D eigenvalue weighted by Gasteiger charge is 2.38. The maximum absolute atomic E-state index is 13.1. The van der Waals surface area contributed by atoms with Gasteiger partial charge in [-0.25, -0.2) is 9.38 Å². The average Bonchev–Trinajstić information content (AvgIpc) is 2.98. The third-order valence-electron chi connectivity index (χ3n) is 4.19. The van der Waals surface area contributed by atoms with Gasteiger partial charge in [0.1, 0.15) is 16.8 Å². The van der Waals surface area contributed by atoms with Crippen LogP contribution in [0.25, 0.3) is 0 Å². The van der Waals surface area contributed by atoms with Crippen molar-refractivity contribution >= 4 is 40.1 Å². The van der Waals surface area contributed by atoms with E-state index < -0.39 is 5.25 Å². The number of amidine groups is 1. The molecule has 29 heavy (non-hydrogen) atoms. The molecule has 1 atom stereocenters. The fourth-order valence-electron chi connectivity index (χ4n) is 2.85. The third kappa shape index (κ3) is 5.35. The molecule has 1 N–H and O–H groups in total. The first-order valence-corrected chi connectivity index (χ1v) is 10.2. The standard InChI is InChI=1S/C21H22FN3O3S/c1-3-25-20(27)18(29-21(25)24-15-10-8-14(22)9-11-15)13-19(26)23-16-6-5-7-17(12-16)28-4-2/h5-12,18H,3-4,13H2,1-2H3,(H,23,26). The van der Waals surface area contributed by atoms with Gasteiger partial charge in [-0.15, -0.1) is 0 Å². The predicted molar refractivity (Wildman–Crippen MR) is 113 cm³/mol. The Bertz CT molecular complexity index is 918. The van der Waals surface area contributed by atoms with Crippen molar-refractivity contribution in [1.82, 2.24) is 4.90 Å². The van der Waals surface area contributed by atoms with E-state index in [9.17, 15) is 14.0 Å². The number of ether oxygens (including phenoxy) is 1. The Kier molecular flexibility index (Phi) is 6.87. The van der Waals surface area contributed by atoms with E-state index in [1.54, 1.807) is 35.2 Å². The van der Waals surface area contributed by atoms with Gasteiger partial charge < -0.3 is 10.1 Å². The zero-order valence-electron chi connectivity index (χ0n) is 16.2. The molecule has 1 heterocycles. The molecule has 0 bridgehead atoms. The first-order valence-electron chi connectivity index (χ1n) is 9.35. The third-order valence-corrected chi connectivity index (χ3v) is 5.36. The van der Waals surface area contributed by atoms with Gasteiger partial charge in [-0.1, -0.05) is 17.8 Å². The minimum Gasteiger partial charge on any atom is -0.494 e. The molecule has 2 aromatic carbocycles. The van der Waals surface area contributed by atoms with Crippen molar-refractivity contribution in [1.29, 1.82) is 0 Å². The van der Waals surface area contributed by atoms with Crippen molar-refractivity contribution < 1.29 is 18.7 Å². The summed E-state index contributed by atoms with van der Waals surface area (Å²) in [6.45, 7) is 4.72. The number of carbonyl (C=O) groups excluding carboxylic acids is 2. The Labute approximate surface area is 173 Å². The Hall–Kier alpha value is -2.87. The molecule has 1 aliphatic rings. The summed E-state index contributed by atoms with van der Waals surface area (Å²) in [5, 5.41) is 2.77. The zero-order valence-corrected chi connectivity index (χ0v) is 17.0. The average molecular weight is 415 g/mol. The lowest BCUT2D eigenvalue weighted by atomic mass is 10.2. The molecule has 1 saturated heterocycles. The largest absolute Gasteiger partial charge is 0.494 e. The van der Waals surface area contributed by atoms with Crippen LogP contribution >= 0.6 is 11.8 Å². The lowest BCUT2D eigenvalue weighted by Crippen LogP contribution is -2.33. The first-order chi connectivity index (χ1) is 14.0. The number of halogens is 1. The molecule has 0 aromatic heterocycles. The number of aliphatic imine (C=N–C) groups is 1. The molecule has 1 aliphatic heterocycles.